The second kappa shape index (κ2) is 15.3. The van der Waals surface area contributed by atoms with Gasteiger partial charge in [-0.3, -0.25) is 0 Å². The molecule has 1 atom stereocenters. The lowest BCUT2D eigenvalue weighted by Crippen LogP contribution is -2.29. The van der Waals surface area contributed by atoms with E-state index in [2.05, 4.69) is 265 Å². The van der Waals surface area contributed by atoms with E-state index in [1.165, 1.54) is 49.4 Å². The maximum Gasteiger partial charge on any atom is 0.140 e. The van der Waals surface area contributed by atoms with Gasteiger partial charge >= 0.3 is 0 Å². The Morgan fingerprint density at radius 2 is 0.848 bits per heavy atom. The summed E-state index contributed by atoms with van der Waals surface area (Å²) in [4.78, 5) is 4.90. The van der Waals surface area contributed by atoms with Crippen LogP contribution in [0.1, 0.15) is 22.3 Å². The van der Waals surface area contributed by atoms with Crippen LogP contribution in [0.15, 0.2) is 259 Å². The molecule has 11 aromatic carbocycles. The van der Waals surface area contributed by atoms with Gasteiger partial charge < -0.3 is 14.2 Å². The predicted molar refractivity (Wildman–Crippen MR) is 275 cm³/mol. The van der Waals surface area contributed by atoms with Crippen LogP contribution in [-0.4, -0.2) is 0 Å². The molecular formula is C63H42N2O. The van der Waals surface area contributed by atoms with Gasteiger partial charge in [0.2, 0.25) is 0 Å². The monoisotopic (exact) mass is 842 g/mol. The summed E-state index contributed by atoms with van der Waals surface area (Å²) in [5.41, 5.74) is 14.4. The van der Waals surface area contributed by atoms with Crippen LogP contribution in [0.25, 0.3) is 54.6 Å². The normalized spacial score (nSPS) is 14.1. The molecule has 0 amide bonds. The first-order valence-electron chi connectivity index (χ1n) is 22.7. The molecule has 1 aromatic heterocycles. The third-order valence-electron chi connectivity index (χ3n) is 13.6. The van der Waals surface area contributed by atoms with E-state index in [0.29, 0.717) is 0 Å². The molecule has 0 saturated heterocycles. The van der Waals surface area contributed by atoms with E-state index < -0.39 is 5.41 Å². The van der Waals surface area contributed by atoms with Crippen molar-refractivity contribution in [1.29, 1.82) is 0 Å². The molecule has 310 valence electrons. The maximum absolute atomic E-state index is 7.07. The fraction of sp³-hybridized carbons (Fsp3) is 0.0159. The number of hydrogen-bond acceptors (Lipinski definition) is 3. The number of benzene rings is 11. The van der Waals surface area contributed by atoms with Crippen molar-refractivity contribution in [3.63, 3.8) is 0 Å². The van der Waals surface area contributed by atoms with Crippen LogP contribution >= 0.6 is 0 Å². The molecule has 1 heterocycles. The number of hydrogen-bond donors (Lipinski definition) is 0. The Morgan fingerprint density at radius 1 is 0.318 bits per heavy atom. The molecular weight excluding hydrogens is 801 g/mol. The standard InChI is InChI=1S/C63H42N2O/c1-4-23-47(24-5-1)63(57-33-18-31-54-53-29-15-17-34-60(53)66-62(54)57)56-32-16-14-30-55(56)61-58(63)41-52(64(48-25-6-2-7-26-48)50-37-35-43-19-10-12-21-45(43)39-50)42-59(61)65(49-27-8-3-9-28-49)51-38-36-44-20-11-13-22-46(44)40-51/h1-42H. The zero-order valence-corrected chi connectivity index (χ0v) is 36.1. The molecule has 1 aliphatic rings. The second-order valence-electron chi connectivity index (χ2n) is 17.2. The lowest BCUT2D eigenvalue weighted by atomic mass is 9.67. The van der Waals surface area contributed by atoms with E-state index in [0.717, 1.165) is 61.6 Å². The molecule has 1 unspecified atom stereocenters. The molecule has 0 aliphatic heterocycles. The van der Waals surface area contributed by atoms with Crippen LogP contribution in [0.2, 0.25) is 0 Å². The highest BCUT2D eigenvalue weighted by Crippen LogP contribution is 2.62. The molecule has 0 N–H and O–H groups in total. The van der Waals surface area contributed by atoms with Crippen molar-refractivity contribution in [2.75, 3.05) is 9.80 Å². The fourth-order valence-corrected chi connectivity index (χ4v) is 10.8. The molecule has 0 radical (unpaired) electrons. The first-order chi connectivity index (χ1) is 32.7. The fourth-order valence-electron chi connectivity index (χ4n) is 10.8. The van der Waals surface area contributed by atoms with E-state index in [-0.39, 0.29) is 0 Å². The summed E-state index contributed by atoms with van der Waals surface area (Å²) in [6.45, 7) is 0. The maximum atomic E-state index is 7.07. The molecule has 12 aromatic rings. The summed E-state index contributed by atoms with van der Waals surface area (Å²) in [6.07, 6.45) is 0. The van der Waals surface area contributed by atoms with Crippen molar-refractivity contribution in [3.8, 4) is 11.1 Å². The summed E-state index contributed by atoms with van der Waals surface area (Å²) < 4.78 is 7.07. The predicted octanol–water partition coefficient (Wildman–Crippen LogP) is 17.2. The van der Waals surface area contributed by atoms with Crippen molar-refractivity contribution in [2.45, 2.75) is 5.41 Å². The summed E-state index contributed by atoms with van der Waals surface area (Å²) in [5.74, 6) is 0. The molecule has 3 nitrogen and oxygen atoms in total. The van der Waals surface area contributed by atoms with Crippen LogP contribution < -0.4 is 9.80 Å². The van der Waals surface area contributed by atoms with Crippen LogP contribution in [-0.2, 0) is 5.41 Å². The number of para-hydroxylation sites is 4. The highest BCUT2D eigenvalue weighted by Gasteiger charge is 2.49. The van der Waals surface area contributed by atoms with Gasteiger partial charge in [-0.2, -0.15) is 0 Å². The van der Waals surface area contributed by atoms with Crippen LogP contribution in [0.5, 0.6) is 0 Å². The van der Waals surface area contributed by atoms with Crippen molar-refractivity contribution in [2.24, 2.45) is 0 Å². The average molecular weight is 843 g/mol. The minimum atomic E-state index is -0.803. The number of furan rings is 1. The van der Waals surface area contributed by atoms with Gasteiger partial charge in [0.15, 0.2) is 0 Å². The van der Waals surface area contributed by atoms with Gasteiger partial charge in [-0.05, 0) is 111 Å². The Morgan fingerprint density at radius 3 is 1.55 bits per heavy atom. The van der Waals surface area contributed by atoms with Crippen molar-refractivity contribution >= 4 is 77.6 Å². The van der Waals surface area contributed by atoms with Crippen molar-refractivity contribution in [3.05, 3.63) is 277 Å². The van der Waals surface area contributed by atoms with Gasteiger partial charge in [-0.1, -0.05) is 188 Å². The van der Waals surface area contributed by atoms with Gasteiger partial charge in [0, 0.05) is 50.3 Å². The van der Waals surface area contributed by atoms with E-state index in [1.807, 2.05) is 0 Å². The van der Waals surface area contributed by atoms with Crippen LogP contribution in [0.3, 0.4) is 0 Å². The molecule has 0 bridgehead atoms. The third-order valence-corrected chi connectivity index (χ3v) is 13.6. The van der Waals surface area contributed by atoms with E-state index >= 15 is 0 Å². The topological polar surface area (TPSA) is 19.6 Å². The van der Waals surface area contributed by atoms with E-state index in [1.54, 1.807) is 0 Å². The lowest BCUT2D eigenvalue weighted by molar-refractivity contribution is 0.648. The molecule has 13 rings (SSSR count). The second-order valence-corrected chi connectivity index (χ2v) is 17.2. The van der Waals surface area contributed by atoms with Gasteiger partial charge in [-0.25, -0.2) is 0 Å². The lowest BCUT2D eigenvalue weighted by Gasteiger charge is -2.36. The summed E-state index contributed by atoms with van der Waals surface area (Å²) in [7, 11) is 0. The first kappa shape index (κ1) is 37.9. The highest BCUT2D eigenvalue weighted by atomic mass is 16.3. The van der Waals surface area contributed by atoms with Crippen LogP contribution in [0.4, 0.5) is 34.1 Å². The number of rotatable bonds is 8. The van der Waals surface area contributed by atoms with Gasteiger partial charge in [-0.15, -0.1) is 0 Å². The van der Waals surface area contributed by atoms with Crippen LogP contribution in [0, 0.1) is 0 Å². The summed E-state index contributed by atoms with van der Waals surface area (Å²) >= 11 is 0. The van der Waals surface area contributed by atoms with E-state index in [9.17, 15) is 0 Å². The Labute approximate surface area is 383 Å². The summed E-state index contributed by atoms with van der Waals surface area (Å²) in [5, 5.41) is 6.98. The molecule has 1 aliphatic carbocycles. The Kier molecular flexibility index (Phi) is 8.75. The quantitative estimate of drug-likeness (QED) is 0.152. The van der Waals surface area contributed by atoms with Gasteiger partial charge in [0.25, 0.3) is 0 Å². The molecule has 0 saturated carbocycles. The SMILES string of the molecule is c1ccc(N(c2cc(N(c3ccccc3)c3ccc4ccccc4c3)c3c(c2)C(c2ccccc2)(c2cccc4c2oc2ccccc24)c2ccccc2-3)c2ccc3ccccc3c2)cc1. The Bertz CT molecular complexity index is 3780. The third kappa shape index (κ3) is 5.84. The van der Waals surface area contributed by atoms with Gasteiger partial charge in [0.1, 0.15) is 11.2 Å². The first-order valence-corrected chi connectivity index (χ1v) is 22.7. The minimum absolute atomic E-state index is 0.803. The molecule has 3 heteroatoms. The minimum Gasteiger partial charge on any atom is -0.456 e. The summed E-state index contributed by atoms with van der Waals surface area (Å²) in [6, 6.07) is 92.8. The van der Waals surface area contributed by atoms with Crippen molar-refractivity contribution in [1.82, 2.24) is 0 Å². The largest absolute Gasteiger partial charge is 0.456 e. The van der Waals surface area contributed by atoms with E-state index in [4.69, 9.17) is 4.42 Å². The highest BCUT2D eigenvalue weighted by molar-refractivity contribution is 6.08. The van der Waals surface area contributed by atoms with Gasteiger partial charge in [0.05, 0.1) is 11.1 Å². The smallest absolute Gasteiger partial charge is 0.140 e. The number of nitrogens with zero attached hydrogens (tertiary/aromatic N) is 2. The molecule has 0 spiro atoms. The Balaban J connectivity index is 1.21. The number of fused-ring (bicyclic) bond motifs is 8. The average Bonchev–Trinajstić information content (AvgIpc) is 3.92. The number of anilines is 6. The Hall–Kier alpha value is -8.66. The molecule has 66 heavy (non-hydrogen) atoms. The van der Waals surface area contributed by atoms with Crippen molar-refractivity contribution < 1.29 is 4.42 Å². The zero-order chi connectivity index (χ0) is 43.6. The molecule has 0 fully saturated rings. The zero-order valence-electron chi connectivity index (χ0n) is 36.1.